The van der Waals surface area contributed by atoms with Crippen molar-refractivity contribution in [1.82, 2.24) is 5.32 Å². The zero-order chi connectivity index (χ0) is 15.2. The monoisotopic (exact) mass is 306 g/mol. The molecule has 7 heteroatoms. The summed E-state index contributed by atoms with van der Waals surface area (Å²) < 4.78 is 0. The lowest BCUT2D eigenvalue weighted by Crippen LogP contribution is -2.38. The Labute approximate surface area is 125 Å². The summed E-state index contributed by atoms with van der Waals surface area (Å²) in [6.45, 7) is -0.200. The lowest BCUT2D eigenvalue weighted by atomic mass is 10.1. The molecule has 1 amide bonds. The molecule has 2 N–H and O–H groups in total. The smallest absolute Gasteiger partial charge is 0.324 e. The van der Waals surface area contributed by atoms with Crippen LogP contribution in [0.1, 0.15) is 15.2 Å². The first kappa shape index (κ1) is 15.1. The average Bonchev–Trinajstić information content (AvgIpc) is 2.97. The molecule has 2 rings (SSSR count). The fourth-order valence-electron chi connectivity index (χ4n) is 1.86. The van der Waals surface area contributed by atoms with E-state index in [9.17, 15) is 20.0 Å². The Kier molecular flexibility index (Phi) is 5.02. The molecule has 1 unspecified atom stereocenters. The van der Waals surface area contributed by atoms with Crippen LogP contribution in [0.3, 0.4) is 0 Å². The van der Waals surface area contributed by atoms with Crippen molar-refractivity contribution in [3.63, 3.8) is 0 Å². The summed E-state index contributed by atoms with van der Waals surface area (Å²) >= 11 is 0.815. The number of benzene rings is 1. The third-order valence-corrected chi connectivity index (χ3v) is 3.91. The SMILES string of the molecule is O=C(NC(CO)Cc1ccccc1)c1ccc([N+](=O)[O-])s1. The molecule has 6 nitrogen and oxygen atoms in total. The van der Waals surface area contributed by atoms with Crippen LogP contribution in [0, 0.1) is 10.1 Å². The molecule has 0 aliphatic rings. The first-order chi connectivity index (χ1) is 10.1. The van der Waals surface area contributed by atoms with Crippen LogP contribution in [-0.4, -0.2) is 28.6 Å². The van der Waals surface area contributed by atoms with Gasteiger partial charge in [-0.3, -0.25) is 14.9 Å². The minimum absolute atomic E-state index is 0.0799. The number of nitrogens with zero attached hydrogens (tertiary/aromatic N) is 1. The van der Waals surface area contributed by atoms with E-state index < -0.39 is 16.9 Å². The maximum absolute atomic E-state index is 12.0. The predicted molar refractivity (Wildman–Crippen MR) is 79.5 cm³/mol. The maximum Gasteiger partial charge on any atom is 0.324 e. The van der Waals surface area contributed by atoms with Gasteiger partial charge in [-0.05, 0) is 18.1 Å². The molecule has 0 aliphatic carbocycles. The van der Waals surface area contributed by atoms with Gasteiger partial charge in [-0.15, -0.1) is 0 Å². The summed E-state index contributed by atoms with van der Waals surface area (Å²) in [5.74, 6) is -0.414. The quantitative estimate of drug-likeness (QED) is 0.630. The van der Waals surface area contributed by atoms with Crippen molar-refractivity contribution in [1.29, 1.82) is 0 Å². The Morgan fingerprint density at radius 1 is 1.29 bits per heavy atom. The highest BCUT2D eigenvalue weighted by atomic mass is 32.1. The topological polar surface area (TPSA) is 92.5 Å². The Morgan fingerprint density at radius 2 is 2.00 bits per heavy atom. The Morgan fingerprint density at radius 3 is 2.57 bits per heavy atom. The van der Waals surface area contributed by atoms with E-state index in [0.717, 1.165) is 16.9 Å². The van der Waals surface area contributed by atoms with Crippen molar-refractivity contribution in [2.75, 3.05) is 6.61 Å². The fourth-order valence-corrected chi connectivity index (χ4v) is 2.59. The van der Waals surface area contributed by atoms with Crippen molar-refractivity contribution in [2.24, 2.45) is 0 Å². The van der Waals surface area contributed by atoms with Gasteiger partial charge in [-0.1, -0.05) is 41.7 Å². The van der Waals surface area contributed by atoms with E-state index in [4.69, 9.17) is 0 Å². The normalized spacial score (nSPS) is 11.9. The van der Waals surface area contributed by atoms with Gasteiger partial charge in [0.1, 0.15) is 0 Å². The summed E-state index contributed by atoms with van der Waals surface area (Å²) in [5.41, 5.74) is 0.994. The summed E-state index contributed by atoms with van der Waals surface area (Å²) in [6, 6.07) is 11.7. The highest BCUT2D eigenvalue weighted by Gasteiger charge is 2.18. The maximum atomic E-state index is 12.0. The molecule has 21 heavy (non-hydrogen) atoms. The van der Waals surface area contributed by atoms with Crippen LogP contribution in [0.4, 0.5) is 5.00 Å². The van der Waals surface area contributed by atoms with Gasteiger partial charge in [0, 0.05) is 6.07 Å². The van der Waals surface area contributed by atoms with Gasteiger partial charge in [0.15, 0.2) is 0 Å². The Bertz CT molecular complexity index is 627. The van der Waals surface area contributed by atoms with Gasteiger partial charge in [0.25, 0.3) is 5.91 Å². The number of hydrogen-bond donors (Lipinski definition) is 2. The number of aliphatic hydroxyl groups excluding tert-OH is 1. The summed E-state index contributed by atoms with van der Waals surface area (Å²) in [6.07, 6.45) is 0.497. The van der Waals surface area contributed by atoms with Crippen LogP contribution in [-0.2, 0) is 6.42 Å². The molecule has 0 aliphatic heterocycles. The molecule has 0 bridgehead atoms. The molecule has 1 heterocycles. The highest BCUT2D eigenvalue weighted by Crippen LogP contribution is 2.23. The summed E-state index contributed by atoms with van der Waals surface area (Å²) in [7, 11) is 0. The van der Waals surface area contributed by atoms with Gasteiger partial charge in [-0.25, -0.2) is 0 Å². The van der Waals surface area contributed by atoms with Crippen LogP contribution in [0.2, 0.25) is 0 Å². The number of carbonyl (C=O) groups is 1. The number of amides is 1. The molecule has 0 spiro atoms. The molecule has 110 valence electrons. The van der Waals surface area contributed by atoms with E-state index in [1.807, 2.05) is 30.3 Å². The molecule has 1 aromatic carbocycles. The number of thiophene rings is 1. The molecular weight excluding hydrogens is 292 g/mol. The average molecular weight is 306 g/mol. The van der Waals surface area contributed by atoms with E-state index in [-0.39, 0.29) is 16.5 Å². The van der Waals surface area contributed by atoms with E-state index in [0.29, 0.717) is 6.42 Å². The second kappa shape index (κ2) is 6.96. The second-order valence-corrected chi connectivity index (χ2v) is 5.50. The highest BCUT2D eigenvalue weighted by molar-refractivity contribution is 7.17. The standard InChI is InChI=1S/C14H14N2O4S/c17-9-11(8-10-4-2-1-3-5-10)15-14(18)12-6-7-13(21-12)16(19)20/h1-7,11,17H,8-9H2,(H,15,18). The molecule has 0 saturated carbocycles. The third-order valence-electron chi connectivity index (χ3n) is 2.88. The van der Waals surface area contributed by atoms with Crippen LogP contribution in [0.15, 0.2) is 42.5 Å². The van der Waals surface area contributed by atoms with E-state index in [1.165, 1.54) is 12.1 Å². The van der Waals surface area contributed by atoms with Crippen LogP contribution >= 0.6 is 11.3 Å². The molecule has 2 aromatic rings. The van der Waals surface area contributed by atoms with Crippen LogP contribution < -0.4 is 5.32 Å². The molecule has 0 saturated heterocycles. The minimum Gasteiger partial charge on any atom is -0.394 e. The Balaban J connectivity index is 2.00. The zero-order valence-corrected chi connectivity index (χ0v) is 11.9. The number of carbonyl (C=O) groups excluding carboxylic acids is 1. The van der Waals surface area contributed by atoms with Gasteiger partial charge >= 0.3 is 5.00 Å². The zero-order valence-electron chi connectivity index (χ0n) is 11.1. The fraction of sp³-hybridized carbons (Fsp3) is 0.214. The van der Waals surface area contributed by atoms with E-state index in [2.05, 4.69) is 5.32 Å². The van der Waals surface area contributed by atoms with Gasteiger partial charge < -0.3 is 10.4 Å². The number of nitro groups is 1. The van der Waals surface area contributed by atoms with Gasteiger partial charge in [0.05, 0.1) is 22.4 Å². The van der Waals surface area contributed by atoms with Crippen molar-refractivity contribution in [3.8, 4) is 0 Å². The first-order valence-corrected chi connectivity index (χ1v) is 7.11. The number of hydrogen-bond acceptors (Lipinski definition) is 5. The lowest BCUT2D eigenvalue weighted by Gasteiger charge is -2.15. The molecule has 1 atom stereocenters. The molecule has 0 fully saturated rings. The Hall–Kier alpha value is -2.25. The third kappa shape index (κ3) is 4.11. The molecule has 1 aromatic heterocycles. The largest absolute Gasteiger partial charge is 0.394 e. The second-order valence-electron chi connectivity index (χ2n) is 4.44. The van der Waals surface area contributed by atoms with Crippen molar-refractivity contribution < 1.29 is 14.8 Å². The predicted octanol–water partition coefficient (Wildman–Crippen LogP) is 1.99. The van der Waals surface area contributed by atoms with Crippen molar-refractivity contribution in [2.45, 2.75) is 12.5 Å². The van der Waals surface area contributed by atoms with Crippen molar-refractivity contribution >= 4 is 22.2 Å². The van der Waals surface area contributed by atoms with Crippen LogP contribution in [0.5, 0.6) is 0 Å². The van der Waals surface area contributed by atoms with Gasteiger partial charge in [0.2, 0.25) is 0 Å². The lowest BCUT2D eigenvalue weighted by molar-refractivity contribution is -0.380. The summed E-state index contributed by atoms with van der Waals surface area (Å²) in [4.78, 5) is 22.3. The molecule has 0 radical (unpaired) electrons. The number of nitrogens with one attached hydrogen (secondary N) is 1. The van der Waals surface area contributed by atoms with Gasteiger partial charge in [-0.2, -0.15) is 0 Å². The molecular formula is C14H14N2O4S. The van der Waals surface area contributed by atoms with Crippen molar-refractivity contribution in [3.05, 3.63) is 63.0 Å². The number of aliphatic hydroxyl groups is 1. The summed E-state index contributed by atoms with van der Waals surface area (Å²) in [5, 5.41) is 22.6. The number of rotatable bonds is 6. The van der Waals surface area contributed by atoms with E-state index in [1.54, 1.807) is 0 Å². The van der Waals surface area contributed by atoms with E-state index >= 15 is 0 Å². The minimum atomic E-state index is -0.533. The first-order valence-electron chi connectivity index (χ1n) is 6.30. The van der Waals surface area contributed by atoms with Crippen LogP contribution in [0.25, 0.3) is 0 Å².